The number of likely N-dealkylation sites (N-methyl/N-ethyl adjacent to an activating group) is 1. The highest BCUT2D eigenvalue weighted by atomic mass is 16.2. The molecular weight excluding hydrogens is 384 g/mol. The van der Waals surface area contributed by atoms with Crippen LogP contribution in [-0.4, -0.2) is 66.2 Å². The van der Waals surface area contributed by atoms with E-state index in [1.165, 1.54) is 11.9 Å². The number of nitrogens with one attached hydrogen (secondary N) is 2. The lowest BCUT2D eigenvalue weighted by Gasteiger charge is -2.33. The number of fused-ring (bicyclic) bond motifs is 1. The molecule has 154 valence electrons. The Bertz CT molecular complexity index is 972. The first kappa shape index (κ1) is 19.8. The van der Waals surface area contributed by atoms with E-state index in [0.717, 1.165) is 4.90 Å². The molecular formula is C22H22N4O4. The van der Waals surface area contributed by atoms with Crippen LogP contribution >= 0.6 is 0 Å². The average molecular weight is 406 g/mol. The Labute approximate surface area is 173 Å². The van der Waals surface area contributed by atoms with E-state index in [2.05, 4.69) is 10.6 Å². The number of rotatable bonds is 4. The van der Waals surface area contributed by atoms with Gasteiger partial charge in [-0.05, 0) is 17.7 Å². The Morgan fingerprint density at radius 1 is 1.00 bits per heavy atom. The maximum Gasteiger partial charge on any atom is 0.262 e. The van der Waals surface area contributed by atoms with Gasteiger partial charge in [0.25, 0.3) is 11.8 Å². The zero-order valence-corrected chi connectivity index (χ0v) is 16.5. The van der Waals surface area contributed by atoms with Crippen molar-refractivity contribution in [3.63, 3.8) is 0 Å². The molecule has 2 aliphatic rings. The first-order chi connectivity index (χ1) is 14.5. The van der Waals surface area contributed by atoms with Crippen LogP contribution in [0.3, 0.4) is 0 Å². The van der Waals surface area contributed by atoms with E-state index in [0.29, 0.717) is 12.1 Å². The van der Waals surface area contributed by atoms with Crippen molar-refractivity contribution in [1.29, 1.82) is 0 Å². The van der Waals surface area contributed by atoms with Crippen LogP contribution in [0.5, 0.6) is 0 Å². The molecule has 2 aliphatic heterocycles. The third-order valence-corrected chi connectivity index (χ3v) is 5.49. The highest BCUT2D eigenvalue weighted by molar-refractivity contribution is 6.23. The Balaban J connectivity index is 1.70. The van der Waals surface area contributed by atoms with Gasteiger partial charge in [-0.2, -0.15) is 0 Å². The van der Waals surface area contributed by atoms with E-state index in [9.17, 15) is 19.2 Å². The molecule has 2 aromatic carbocycles. The minimum atomic E-state index is -1.03. The van der Waals surface area contributed by atoms with Gasteiger partial charge in [-0.25, -0.2) is 0 Å². The first-order valence-corrected chi connectivity index (χ1v) is 9.79. The van der Waals surface area contributed by atoms with Crippen molar-refractivity contribution in [2.75, 3.05) is 26.7 Å². The van der Waals surface area contributed by atoms with Crippen molar-refractivity contribution in [3.8, 4) is 0 Å². The number of hydrogen-bond acceptors (Lipinski definition) is 5. The second kappa shape index (κ2) is 8.08. The number of imide groups is 1. The van der Waals surface area contributed by atoms with Crippen molar-refractivity contribution in [2.45, 2.75) is 12.1 Å². The third-order valence-electron chi connectivity index (χ3n) is 5.49. The summed E-state index contributed by atoms with van der Waals surface area (Å²) in [6.45, 7) is 0.841. The third kappa shape index (κ3) is 3.25. The van der Waals surface area contributed by atoms with Crippen LogP contribution in [0.2, 0.25) is 0 Å². The lowest BCUT2D eigenvalue weighted by atomic mass is 10.0. The van der Waals surface area contributed by atoms with Crippen LogP contribution in [0.15, 0.2) is 54.6 Å². The maximum atomic E-state index is 13.6. The van der Waals surface area contributed by atoms with Crippen molar-refractivity contribution < 1.29 is 19.2 Å². The normalized spacial score (nSPS) is 20.0. The molecule has 2 atom stereocenters. The van der Waals surface area contributed by atoms with Gasteiger partial charge in [-0.3, -0.25) is 24.1 Å². The van der Waals surface area contributed by atoms with Gasteiger partial charge in [-0.1, -0.05) is 42.5 Å². The van der Waals surface area contributed by atoms with Crippen LogP contribution in [-0.2, 0) is 9.59 Å². The Kier molecular flexibility index (Phi) is 5.33. The standard InChI is InChI=1S/C22H22N4O4/c1-23-19(27)18(14-7-3-2-4-8-14)25-12-11-24-13-17(22(25)30)26-20(28)15-9-5-6-10-16(15)21(26)29/h2-10,17-18,24H,11-13H2,1H3,(H,23,27)/t17-,18?/m0/s1. The summed E-state index contributed by atoms with van der Waals surface area (Å²) in [4.78, 5) is 54.6. The molecule has 2 N–H and O–H groups in total. The summed E-state index contributed by atoms with van der Waals surface area (Å²) < 4.78 is 0. The summed E-state index contributed by atoms with van der Waals surface area (Å²) in [6, 6.07) is 13.6. The Morgan fingerprint density at radius 2 is 1.60 bits per heavy atom. The molecule has 1 unspecified atom stereocenters. The van der Waals surface area contributed by atoms with E-state index in [1.54, 1.807) is 48.5 Å². The number of carbonyl (C=O) groups excluding carboxylic acids is 4. The molecule has 0 radical (unpaired) electrons. The van der Waals surface area contributed by atoms with Crippen LogP contribution in [0.4, 0.5) is 0 Å². The molecule has 30 heavy (non-hydrogen) atoms. The highest BCUT2D eigenvalue weighted by Gasteiger charge is 2.46. The van der Waals surface area contributed by atoms with E-state index < -0.39 is 29.8 Å². The largest absolute Gasteiger partial charge is 0.357 e. The zero-order chi connectivity index (χ0) is 21.3. The van der Waals surface area contributed by atoms with Gasteiger partial charge in [0, 0.05) is 26.7 Å². The number of amides is 4. The molecule has 1 fully saturated rings. The fraction of sp³-hybridized carbons (Fsp3) is 0.273. The predicted molar refractivity (Wildman–Crippen MR) is 109 cm³/mol. The molecule has 8 nitrogen and oxygen atoms in total. The molecule has 0 bridgehead atoms. The summed E-state index contributed by atoms with van der Waals surface area (Å²) in [5.41, 5.74) is 1.24. The molecule has 0 saturated carbocycles. The van der Waals surface area contributed by atoms with E-state index in [4.69, 9.17) is 0 Å². The topological polar surface area (TPSA) is 98.8 Å². The molecule has 2 heterocycles. The minimum Gasteiger partial charge on any atom is -0.357 e. The molecule has 1 saturated heterocycles. The van der Waals surface area contributed by atoms with Crippen LogP contribution in [0.1, 0.15) is 32.3 Å². The summed E-state index contributed by atoms with van der Waals surface area (Å²) in [6.07, 6.45) is 0. The molecule has 4 rings (SSSR count). The van der Waals surface area contributed by atoms with Crippen molar-refractivity contribution >= 4 is 23.6 Å². The summed E-state index contributed by atoms with van der Waals surface area (Å²) in [5, 5.41) is 5.74. The van der Waals surface area contributed by atoms with Crippen molar-refractivity contribution in [2.24, 2.45) is 0 Å². The van der Waals surface area contributed by atoms with Crippen molar-refractivity contribution in [1.82, 2.24) is 20.4 Å². The highest BCUT2D eigenvalue weighted by Crippen LogP contribution is 2.28. The van der Waals surface area contributed by atoms with Crippen molar-refractivity contribution in [3.05, 3.63) is 71.3 Å². The Hall–Kier alpha value is -3.52. The second-order valence-corrected chi connectivity index (χ2v) is 7.20. The average Bonchev–Trinajstić information content (AvgIpc) is 2.90. The summed E-state index contributed by atoms with van der Waals surface area (Å²) in [7, 11) is 1.51. The first-order valence-electron chi connectivity index (χ1n) is 9.79. The molecule has 0 spiro atoms. The molecule has 0 aromatic heterocycles. The van der Waals surface area contributed by atoms with Gasteiger partial charge in [0.05, 0.1) is 11.1 Å². The van der Waals surface area contributed by atoms with Gasteiger partial charge in [0.1, 0.15) is 12.1 Å². The predicted octanol–water partition coefficient (Wildman–Crippen LogP) is 0.570. The number of carbonyl (C=O) groups is 4. The van der Waals surface area contributed by atoms with E-state index >= 15 is 0 Å². The van der Waals surface area contributed by atoms with Crippen LogP contribution in [0.25, 0.3) is 0 Å². The zero-order valence-electron chi connectivity index (χ0n) is 16.5. The Morgan fingerprint density at radius 3 is 2.20 bits per heavy atom. The number of hydrogen-bond donors (Lipinski definition) is 2. The molecule has 0 aliphatic carbocycles. The number of benzene rings is 2. The SMILES string of the molecule is CNC(=O)C(c1ccccc1)N1CCNC[C@H](N2C(=O)c3ccccc3C2=O)C1=O. The smallest absolute Gasteiger partial charge is 0.262 e. The van der Waals surface area contributed by atoms with E-state index in [1.807, 2.05) is 6.07 Å². The van der Waals surface area contributed by atoms with Crippen LogP contribution in [0, 0.1) is 0 Å². The minimum absolute atomic E-state index is 0.135. The van der Waals surface area contributed by atoms with Gasteiger partial charge in [-0.15, -0.1) is 0 Å². The lowest BCUT2D eigenvalue weighted by Crippen LogP contribution is -2.54. The fourth-order valence-corrected chi connectivity index (χ4v) is 4.02. The van der Waals surface area contributed by atoms with E-state index in [-0.39, 0.29) is 30.1 Å². The second-order valence-electron chi connectivity index (χ2n) is 7.20. The van der Waals surface area contributed by atoms with Gasteiger partial charge >= 0.3 is 0 Å². The fourth-order valence-electron chi connectivity index (χ4n) is 4.02. The molecule has 4 amide bonds. The lowest BCUT2D eigenvalue weighted by molar-refractivity contribution is -0.142. The molecule has 2 aromatic rings. The summed E-state index contributed by atoms with van der Waals surface area (Å²) in [5.74, 6) is -1.76. The maximum absolute atomic E-state index is 13.6. The quantitative estimate of drug-likeness (QED) is 0.724. The van der Waals surface area contributed by atoms with Gasteiger partial charge in [0.15, 0.2) is 0 Å². The van der Waals surface area contributed by atoms with Gasteiger partial charge < -0.3 is 15.5 Å². The monoisotopic (exact) mass is 406 g/mol. The molecule has 8 heteroatoms. The number of nitrogens with zero attached hydrogens (tertiary/aromatic N) is 2. The van der Waals surface area contributed by atoms with Gasteiger partial charge in [0.2, 0.25) is 11.8 Å². The van der Waals surface area contributed by atoms with Crippen LogP contribution < -0.4 is 10.6 Å². The summed E-state index contributed by atoms with van der Waals surface area (Å²) >= 11 is 0.